The number of nitrogens with zero attached hydrogens (tertiary/aromatic N) is 4. The molecule has 1 amide bonds. The summed E-state index contributed by atoms with van der Waals surface area (Å²) in [5.74, 6) is -0.214. The summed E-state index contributed by atoms with van der Waals surface area (Å²) in [5.41, 5.74) is 1.92. The molecule has 0 N–H and O–H groups in total. The number of benzene rings is 1. The molecule has 1 aromatic carbocycles. The molecule has 4 heterocycles. The molecule has 0 unspecified atom stereocenters. The normalized spacial score (nSPS) is 16.3. The molecule has 29 heavy (non-hydrogen) atoms. The van der Waals surface area contributed by atoms with Gasteiger partial charge in [0.15, 0.2) is 0 Å². The van der Waals surface area contributed by atoms with Crippen molar-refractivity contribution in [3.05, 3.63) is 85.6 Å². The van der Waals surface area contributed by atoms with Gasteiger partial charge in [-0.05, 0) is 35.0 Å². The second kappa shape index (κ2) is 7.38. The summed E-state index contributed by atoms with van der Waals surface area (Å²) in [6.45, 7) is -0.0784. The highest BCUT2D eigenvalue weighted by molar-refractivity contribution is 7.12. The lowest BCUT2D eigenvalue weighted by Crippen LogP contribution is -2.33. The van der Waals surface area contributed by atoms with Gasteiger partial charge < -0.3 is 0 Å². The number of hydrogen-bond acceptors (Lipinski definition) is 6. The van der Waals surface area contributed by atoms with Crippen LogP contribution in [0.1, 0.15) is 22.2 Å². The van der Waals surface area contributed by atoms with Crippen LogP contribution in [0.2, 0.25) is 0 Å². The molecule has 8 heteroatoms. The van der Waals surface area contributed by atoms with E-state index in [2.05, 4.69) is 10.1 Å². The Morgan fingerprint density at radius 3 is 2.69 bits per heavy atom. The highest BCUT2D eigenvalue weighted by atomic mass is 32.1. The third kappa shape index (κ3) is 3.30. The molecule has 1 atom stereocenters. The number of para-hydroxylation sites is 2. The Bertz CT molecular complexity index is 1260. The Hall–Kier alpha value is -3.10. The molecule has 1 aliphatic rings. The lowest BCUT2D eigenvalue weighted by molar-refractivity contribution is -0.133. The van der Waals surface area contributed by atoms with Crippen molar-refractivity contribution in [3.63, 3.8) is 0 Å². The van der Waals surface area contributed by atoms with Crippen molar-refractivity contribution in [1.29, 1.82) is 0 Å². The Labute approximate surface area is 174 Å². The van der Waals surface area contributed by atoms with Gasteiger partial charge in [0.2, 0.25) is 0 Å². The maximum absolute atomic E-state index is 13.3. The number of amides is 1. The van der Waals surface area contributed by atoms with Crippen LogP contribution in [0.4, 0.5) is 0 Å². The fourth-order valence-electron chi connectivity index (χ4n) is 3.52. The molecule has 0 spiro atoms. The average molecular weight is 421 g/mol. The molecule has 144 valence electrons. The van der Waals surface area contributed by atoms with Crippen LogP contribution in [-0.4, -0.2) is 26.2 Å². The van der Waals surface area contributed by atoms with E-state index in [1.54, 1.807) is 33.7 Å². The minimum absolute atomic E-state index is 0.0784. The third-order valence-electron chi connectivity index (χ3n) is 4.89. The van der Waals surface area contributed by atoms with Crippen molar-refractivity contribution in [3.8, 4) is 0 Å². The molecule has 0 saturated carbocycles. The van der Waals surface area contributed by atoms with Gasteiger partial charge in [-0.1, -0.05) is 24.3 Å². The Morgan fingerprint density at radius 2 is 1.90 bits per heavy atom. The summed E-state index contributed by atoms with van der Waals surface area (Å²) in [6.07, 6.45) is 1.93. The van der Waals surface area contributed by atoms with E-state index in [0.717, 1.165) is 15.5 Å². The Morgan fingerprint density at radius 1 is 1.07 bits per heavy atom. The fraction of sp³-hybridized carbons (Fsp3) is 0.143. The molecule has 6 nitrogen and oxygen atoms in total. The Kier molecular flexibility index (Phi) is 4.57. The van der Waals surface area contributed by atoms with Crippen molar-refractivity contribution < 1.29 is 4.79 Å². The molecule has 0 saturated heterocycles. The van der Waals surface area contributed by atoms with Gasteiger partial charge in [-0.3, -0.25) is 14.2 Å². The smallest absolute Gasteiger partial charge is 0.269 e. The first-order valence-corrected chi connectivity index (χ1v) is 10.9. The van der Waals surface area contributed by atoms with Crippen LogP contribution in [0, 0.1) is 0 Å². The van der Waals surface area contributed by atoms with Gasteiger partial charge in [-0.15, -0.1) is 22.7 Å². The molecule has 4 aromatic rings. The molecule has 1 aliphatic heterocycles. The van der Waals surface area contributed by atoms with Gasteiger partial charge in [0.25, 0.3) is 11.5 Å². The maximum atomic E-state index is 13.3. The van der Waals surface area contributed by atoms with Gasteiger partial charge in [0.1, 0.15) is 6.54 Å². The number of aromatic nitrogens is 2. The minimum Gasteiger partial charge on any atom is -0.296 e. The first-order chi connectivity index (χ1) is 14.2. The van der Waals surface area contributed by atoms with Crippen LogP contribution >= 0.6 is 22.7 Å². The van der Waals surface area contributed by atoms with Crippen LogP contribution in [0.3, 0.4) is 0 Å². The zero-order valence-electron chi connectivity index (χ0n) is 15.3. The quantitative estimate of drug-likeness (QED) is 0.503. The van der Waals surface area contributed by atoms with E-state index in [0.29, 0.717) is 17.5 Å². The number of fused-ring (bicyclic) bond motifs is 1. The number of hydrogen-bond donors (Lipinski definition) is 0. The fourth-order valence-corrected chi connectivity index (χ4v) is 5.05. The first-order valence-electron chi connectivity index (χ1n) is 9.12. The van der Waals surface area contributed by atoms with E-state index in [-0.39, 0.29) is 24.1 Å². The molecule has 0 bridgehead atoms. The van der Waals surface area contributed by atoms with Crippen LogP contribution in [0.15, 0.2) is 75.4 Å². The van der Waals surface area contributed by atoms with Crippen LogP contribution in [-0.2, 0) is 11.3 Å². The second-order valence-corrected chi connectivity index (χ2v) is 8.60. The van der Waals surface area contributed by atoms with E-state index in [1.165, 1.54) is 10.8 Å². The number of rotatable bonds is 4. The minimum atomic E-state index is -0.300. The predicted molar refractivity (Wildman–Crippen MR) is 115 cm³/mol. The summed E-state index contributed by atoms with van der Waals surface area (Å²) >= 11 is 3.22. The Balaban J connectivity index is 1.52. The molecule has 0 aliphatic carbocycles. The highest BCUT2D eigenvalue weighted by Crippen LogP contribution is 2.36. The zero-order valence-corrected chi connectivity index (χ0v) is 16.9. The highest BCUT2D eigenvalue weighted by Gasteiger charge is 2.34. The topological polar surface area (TPSA) is 67.6 Å². The van der Waals surface area contributed by atoms with E-state index in [9.17, 15) is 9.59 Å². The molecule has 0 radical (unpaired) electrons. The molecular formula is C21H16N4O2S2. The molecule has 0 fully saturated rings. The molecule has 3 aromatic heterocycles. The van der Waals surface area contributed by atoms with Gasteiger partial charge in [0, 0.05) is 11.3 Å². The van der Waals surface area contributed by atoms with E-state index >= 15 is 0 Å². The van der Waals surface area contributed by atoms with Crippen molar-refractivity contribution in [1.82, 2.24) is 14.6 Å². The lowest BCUT2D eigenvalue weighted by atomic mass is 10.1. The van der Waals surface area contributed by atoms with Crippen molar-refractivity contribution >= 4 is 45.3 Å². The summed E-state index contributed by atoms with van der Waals surface area (Å²) in [5, 5.41) is 10.2. The maximum Gasteiger partial charge on any atom is 0.269 e. The second-order valence-electron chi connectivity index (χ2n) is 6.67. The number of carbonyl (C=O) groups is 1. The summed E-state index contributed by atoms with van der Waals surface area (Å²) < 4.78 is 1.47. The van der Waals surface area contributed by atoms with Crippen LogP contribution < -0.4 is 5.56 Å². The standard InChI is InChI=1S/C21H16N4O2S2/c26-20-12-22-14-5-1-2-6-16(14)24(20)13-21(27)25-17(19-8-4-10-29-19)11-15(23-25)18-7-3-9-28-18/h1-10,12,17H,11,13H2/t17-/m0/s1. The predicted octanol–water partition coefficient (Wildman–Crippen LogP) is 3.90. The van der Waals surface area contributed by atoms with E-state index in [1.807, 2.05) is 53.2 Å². The summed E-state index contributed by atoms with van der Waals surface area (Å²) in [7, 11) is 0. The van der Waals surface area contributed by atoms with Crippen molar-refractivity contribution in [2.75, 3.05) is 0 Å². The number of thiophene rings is 2. The van der Waals surface area contributed by atoms with Crippen molar-refractivity contribution in [2.24, 2.45) is 5.10 Å². The first kappa shape index (κ1) is 18.0. The largest absolute Gasteiger partial charge is 0.296 e. The van der Waals surface area contributed by atoms with Gasteiger partial charge in [-0.25, -0.2) is 9.99 Å². The average Bonchev–Trinajstić information content (AvgIpc) is 3.49. The number of hydrazone groups is 1. The zero-order chi connectivity index (χ0) is 19.8. The monoisotopic (exact) mass is 420 g/mol. The summed E-state index contributed by atoms with van der Waals surface area (Å²) in [4.78, 5) is 32.0. The van der Waals surface area contributed by atoms with Gasteiger partial charge >= 0.3 is 0 Å². The molecule has 5 rings (SSSR count). The van der Waals surface area contributed by atoms with E-state index in [4.69, 9.17) is 0 Å². The number of carbonyl (C=O) groups excluding carboxylic acids is 1. The van der Waals surface area contributed by atoms with Crippen molar-refractivity contribution in [2.45, 2.75) is 19.0 Å². The SMILES string of the molecule is O=C(Cn1c(=O)cnc2ccccc21)N1N=C(c2cccs2)C[C@H]1c1cccs1. The van der Waals surface area contributed by atoms with Gasteiger partial charge in [0.05, 0.1) is 33.9 Å². The lowest BCUT2D eigenvalue weighted by Gasteiger charge is -2.21. The van der Waals surface area contributed by atoms with Gasteiger partial charge in [-0.2, -0.15) is 5.10 Å². The van der Waals surface area contributed by atoms with Crippen LogP contribution in [0.25, 0.3) is 11.0 Å². The van der Waals surface area contributed by atoms with Crippen LogP contribution in [0.5, 0.6) is 0 Å². The third-order valence-corrected chi connectivity index (χ3v) is 6.78. The summed E-state index contributed by atoms with van der Waals surface area (Å²) in [6, 6.07) is 15.2. The van der Waals surface area contributed by atoms with E-state index < -0.39 is 0 Å². The molecular weight excluding hydrogens is 404 g/mol.